The second kappa shape index (κ2) is 4.44. The van der Waals surface area contributed by atoms with E-state index in [4.69, 9.17) is 4.74 Å². The molecular formula is C10H10N2O3S. The van der Waals surface area contributed by atoms with Gasteiger partial charge in [-0.2, -0.15) is 0 Å². The summed E-state index contributed by atoms with van der Waals surface area (Å²) in [6.07, 6.45) is 0. The highest BCUT2D eigenvalue weighted by atomic mass is 32.2. The minimum absolute atomic E-state index is 0.332. The lowest BCUT2D eigenvalue weighted by atomic mass is 10.3. The number of para-hydroxylation sites is 2. The van der Waals surface area contributed by atoms with Crippen molar-refractivity contribution >= 4 is 28.6 Å². The minimum atomic E-state index is -0.594. The van der Waals surface area contributed by atoms with Crippen molar-refractivity contribution in [3.8, 4) is 5.75 Å². The van der Waals surface area contributed by atoms with E-state index in [-0.39, 0.29) is 11.1 Å². The molecule has 1 saturated heterocycles. The number of thioether (sulfide) groups is 1. The number of ether oxygens (including phenoxy) is 1. The van der Waals surface area contributed by atoms with Crippen molar-refractivity contribution < 1.29 is 14.3 Å². The van der Waals surface area contributed by atoms with Crippen LogP contribution in [0.25, 0.3) is 0 Å². The first-order valence-electron chi connectivity index (χ1n) is 4.62. The van der Waals surface area contributed by atoms with Crippen LogP contribution < -0.4 is 15.4 Å². The van der Waals surface area contributed by atoms with Crippen molar-refractivity contribution in [3.05, 3.63) is 24.3 Å². The van der Waals surface area contributed by atoms with Crippen LogP contribution in [0.1, 0.15) is 0 Å². The predicted octanol–water partition coefficient (Wildman–Crippen LogP) is 1.42. The summed E-state index contributed by atoms with van der Waals surface area (Å²) in [5.41, 5.74) is 0.687. The molecule has 1 heterocycles. The Bertz CT molecular complexity index is 436. The quantitative estimate of drug-likeness (QED) is 0.833. The summed E-state index contributed by atoms with van der Waals surface area (Å²) in [6.45, 7) is 0. The number of anilines is 1. The van der Waals surface area contributed by atoms with E-state index in [0.29, 0.717) is 11.4 Å². The fourth-order valence-corrected chi connectivity index (χ4v) is 2.08. The number of amides is 2. The summed E-state index contributed by atoms with van der Waals surface area (Å²) in [7, 11) is 1.55. The zero-order valence-corrected chi connectivity index (χ0v) is 9.34. The van der Waals surface area contributed by atoms with Crippen LogP contribution in [0, 0.1) is 0 Å². The third-order valence-corrected chi connectivity index (χ3v) is 2.97. The Balaban J connectivity index is 2.14. The molecule has 84 valence electrons. The lowest BCUT2D eigenvalue weighted by Crippen LogP contribution is -2.29. The van der Waals surface area contributed by atoms with Crippen molar-refractivity contribution in [2.24, 2.45) is 0 Å². The van der Waals surface area contributed by atoms with E-state index in [2.05, 4.69) is 10.6 Å². The Labute approximate surface area is 96.5 Å². The molecule has 0 spiro atoms. The smallest absolute Gasteiger partial charge is 0.288 e. The molecule has 0 unspecified atom stereocenters. The first kappa shape index (κ1) is 10.8. The highest BCUT2D eigenvalue weighted by Crippen LogP contribution is 2.28. The molecule has 1 atom stereocenters. The Kier molecular flexibility index (Phi) is 3.00. The van der Waals surface area contributed by atoms with Gasteiger partial charge in [-0.05, 0) is 23.9 Å². The molecule has 0 saturated carbocycles. The number of methoxy groups -OCH3 is 1. The third kappa shape index (κ3) is 2.11. The summed E-state index contributed by atoms with van der Waals surface area (Å²) in [4.78, 5) is 22.3. The van der Waals surface area contributed by atoms with Crippen LogP contribution in [-0.2, 0) is 4.79 Å². The molecule has 0 bridgehead atoms. The van der Waals surface area contributed by atoms with E-state index in [9.17, 15) is 9.59 Å². The van der Waals surface area contributed by atoms with Crippen LogP contribution in [0.15, 0.2) is 24.3 Å². The molecule has 1 aromatic rings. The molecule has 6 heteroatoms. The summed E-state index contributed by atoms with van der Waals surface area (Å²) in [6, 6.07) is 7.22. The summed E-state index contributed by atoms with van der Waals surface area (Å²) < 4.78 is 5.13. The van der Waals surface area contributed by atoms with Crippen LogP contribution in [0.3, 0.4) is 0 Å². The fourth-order valence-electron chi connectivity index (χ4n) is 1.36. The van der Waals surface area contributed by atoms with E-state index in [1.165, 1.54) is 0 Å². The largest absolute Gasteiger partial charge is 0.495 e. The van der Waals surface area contributed by atoms with Gasteiger partial charge in [-0.3, -0.25) is 14.9 Å². The Morgan fingerprint density at radius 3 is 2.75 bits per heavy atom. The van der Waals surface area contributed by atoms with E-state index in [1.54, 1.807) is 19.2 Å². The second-order valence-corrected chi connectivity index (χ2v) is 4.20. The number of hydrogen-bond acceptors (Lipinski definition) is 5. The van der Waals surface area contributed by atoms with Gasteiger partial charge in [0.25, 0.3) is 11.1 Å². The topological polar surface area (TPSA) is 67.4 Å². The summed E-state index contributed by atoms with van der Waals surface area (Å²) in [5.74, 6) is 0.302. The van der Waals surface area contributed by atoms with Gasteiger partial charge in [-0.25, -0.2) is 0 Å². The third-order valence-electron chi connectivity index (χ3n) is 2.08. The minimum Gasteiger partial charge on any atom is -0.495 e. The van der Waals surface area contributed by atoms with Gasteiger partial charge in [0, 0.05) is 0 Å². The molecule has 2 amide bonds. The zero-order valence-electron chi connectivity index (χ0n) is 8.52. The maximum atomic E-state index is 11.3. The number of nitrogens with one attached hydrogen (secondary N) is 2. The molecule has 1 fully saturated rings. The molecule has 1 aliphatic rings. The molecule has 0 radical (unpaired) electrons. The van der Waals surface area contributed by atoms with E-state index >= 15 is 0 Å². The van der Waals surface area contributed by atoms with Gasteiger partial charge in [0.15, 0.2) is 5.37 Å². The number of benzene rings is 1. The Morgan fingerprint density at radius 2 is 2.12 bits per heavy atom. The van der Waals surface area contributed by atoms with Crippen molar-refractivity contribution in [1.29, 1.82) is 0 Å². The average molecular weight is 238 g/mol. The molecule has 5 nitrogen and oxygen atoms in total. The molecule has 0 aromatic heterocycles. The summed E-state index contributed by atoms with van der Waals surface area (Å²) in [5, 5.41) is 4.22. The highest BCUT2D eigenvalue weighted by molar-refractivity contribution is 8.15. The normalized spacial score (nSPS) is 19.4. The number of carbonyl (C=O) groups is 2. The van der Waals surface area contributed by atoms with Gasteiger partial charge in [-0.1, -0.05) is 12.1 Å². The Morgan fingerprint density at radius 1 is 1.38 bits per heavy atom. The second-order valence-electron chi connectivity index (χ2n) is 3.12. The van der Waals surface area contributed by atoms with Crippen molar-refractivity contribution in [2.75, 3.05) is 12.4 Å². The fraction of sp³-hybridized carbons (Fsp3) is 0.200. The van der Waals surface area contributed by atoms with Gasteiger partial charge in [0.1, 0.15) is 5.75 Å². The lowest BCUT2D eigenvalue weighted by Gasteiger charge is -2.13. The van der Waals surface area contributed by atoms with Gasteiger partial charge in [0.2, 0.25) is 0 Å². The van der Waals surface area contributed by atoms with Gasteiger partial charge in [0.05, 0.1) is 12.8 Å². The molecule has 0 aliphatic carbocycles. The SMILES string of the molecule is COc1ccccc1N[C@@H]1SC(=O)NC1=O. The van der Waals surface area contributed by atoms with E-state index in [0.717, 1.165) is 11.8 Å². The van der Waals surface area contributed by atoms with Crippen LogP contribution >= 0.6 is 11.8 Å². The molecular weight excluding hydrogens is 228 g/mol. The predicted molar refractivity (Wildman–Crippen MR) is 61.5 cm³/mol. The lowest BCUT2D eigenvalue weighted by molar-refractivity contribution is -0.118. The molecule has 16 heavy (non-hydrogen) atoms. The molecule has 1 aliphatic heterocycles. The molecule has 1 aromatic carbocycles. The zero-order chi connectivity index (χ0) is 11.5. The average Bonchev–Trinajstić information content (AvgIpc) is 2.58. The van der Waals surface area contributed by atoms with Crippen molar-refractivity contribution in [2.45, 2.75) is 5.37 Å². The van der Waals surface area contributed by atoms with E-state index < -0.39 is 5.37 Å². The first-order valence-corrected chi connectivity index (χ1v) is 5.49. The van der Waals surface area contributed by atoms with Gasteiger partial charge < -0.3 is 10.1 Å². The van der Waals surface area contributed by atoms with Crippen LogP contribution in [0.2, 0.25) is 0 Å². The molecule has 2 N–H and O–H groups in total. The monoisotopic (exact) mass is 238 g/mol. The van der Waals surface area contributed by atoms with Gasteiger partial charge in [-0.15, -0.1) is 0 Å². The van der Waals surface area contributed by atoms with Crippen molar-refractivity contribution in [3.63, 3.8) is 0 Å². The number of carbonyl (C=O) groups excluding carboxylic acids is 2. The number of imide groups is 1. The Hall–Kier alpha value is -1.69. The number of rotatable bonds is 3. The summed E-state index contributed by atoms with van der Waals surface area (Å²) >= 11 is 0.921. The standard InChI is InChI=1S/C10H10N2O3S/c1-15-7-5-3-2-4-6(7)11-9-8(13)12-10(14)16-9/h2-5,9,11H,1H3,(H,12,13,14)/t9-/m1/s1. The van der Waals surface area contributed by atoms with Gasteiger partial charge >= 0.3 is 0 Å². The first-order chi connectivity index (χ1) is 7.70. The maximum Gasteiger partial charge on any atom is 0.288 e. The van der Waals surface area contributed by atoms with Crippen LogP contribution in [-0.4, -0.2) is 23.6 Å². The molecule has 2 rings (SSSR count). The number of hydrogen-bond donors (Lipinski definition) is 2. The van der Waals surface area contributed by atoms with Crippen LogP contribution in [0.4, 0.5) is 10.5 Å². The van der Waals surface area contributed by atoms with E-state index in [1.807, 2.05) is 12.1 Å². The highest BCUT2D eigenvalue weighted by Gasteiger charge is 2.31. The van der Waals surface area contributed by atoms with Crippen LogP contribution in [0.5, 0.6) is 5.75 Å². The maximum absolute atomic E-state index is 11.3. The van der Waals surface area contributed by atoms with Crippen molar-refractivity contribution in [1.82, 2.24) is 5.32 Å².